The summed E-state index contributed by atoms with van der Waals surface area (Å²) in [5, 5.41) is 0. The number of nitrogens with zero attached hydrogens (tertiary/aromatic N) is 1. The minimum atomic E-state index is -0.0722. The van der Waals surface area contributed by atoms with Crippen molar-refractivity contribution >= 4 is 11.4 Å². The molecule has 0 aliphatic carbocycles. The molecule has 56 heavy (non-hydrogen) atoms. The number of fused-ring (bicyclic) bond motifs is 5. The molecule has 270 valence electrons. The van der Waals surface area contributed by atoms with Gasteiger partial charge in [0.25, 0.3) is 0 Å². The molecule has 0 fully saturated rings. The highest BCUT2D eigenvalue weighted by Crippen LogP contribution is 2.59. The first kappa shape index (κ1) is 34.1. The monoisotopic (exact) mass is 719 g/mol. The number of benzene rings is 8. The Labute approximate surface area is 331 Å². The van der Waals surface area contributed by atoms with Crippen LogP contribution in [0.1, 0.15) is 31.9 Å². The van der Waals surface area contributed by atoms with Crippen LogP contribution < -0.4 is 4.90 Å². The number of hydrogen-bond acceptors (Lipinski definition) is 1. The topological polar surface area (TPSA) is 3.24 Å². The number of hydrogen-bond donors (Lipinski definition) is 0. The minimum absolute atomic E-state index is 0.0240. The van der Waals surface area contributed by atoms with Crippen LogP contribution in [0.25, 0.3) is 66.8 Å². The van der Waals surface area contributed by atoms with Crippen molar-refractivity contribution in [3.63, 3.8) is 0 Å². The maximum Gasteiger partial charge on any atom is 0.0581 e. The molecule has 1 heteroatoms. The summed E-state index contributed by atoms with van der Waals surface area (Å²) in [5.41, 5.74) is 20.5. The predicted octanol–water partition coefficient (Wildman–Crippen LogP) is 14.7. The Morgan fingerprint density at radius 1 is 0.339 bits per heavy atom. The summed E-state index contributed by atoms with van der Waals surface area (Å²) in [6.07, 6.45) is 2.00. The Morgan fingerprint density at radius 3 is 1.07 bits per heavy atom. The summed E-state index contributed by atoms with van der Waals surface area (Å²) < 4.78 is 0. The molecule has 0 saturated heterocycles. The predicted molar refractivity (Wildman–Crippen MR) is 237 cm³/mol. The van der Waals surface area contributed by atoms with Crippen LogP contribution in [0.5, 0.6) is 0 Å². The van der Waals surface area contributed by atoms with Crippen molar-refractivity contribution < 1.29 is 0 Å². The number of rotatable bonds is 6. The second kappa shape index (κ2) is 13.4. The minimum Gasteiger partial charge on any atom is -0.334 e. The van der Waals surface area contributed by atoms with Crippen LogP contribution in [0, 0.1) is 5.41 Å². The molecule has 0 unspecified atom stereocenters. The molecule has 0 radical (unpaired) electrons. The first-order valence-electron chi connectivity index (χ1n) is 19.9. The maximum absolute atomic E-state index is 2.71. The van der Waals surface area contributed by atoms with E-state index in [1.807, 2.05) is 0 Å². The van der Waals surface area contributed by atoms with Crippen LogP contribution in [-0.2, 0) is 12.8 Å². The summed E-state index contributed by atoms with van der Waals surface area (Å²) in [4.78, 5) is 2.71. The molecule has 2 aliphatic heterocycles. The van der Waals surface area contributed by atoms with Gasteiger partial charge in [-0.3, -0.25) is 0 Å². The second-order valence-corrected chi connectivity index (χ2v) is 16.6. The fraction of sp³-hybridized carbons (Fsp3) is 0.127. The number of anilines is 2. The average Bonchev–Trinajstić information content (AvgIpc) is 3.77. The first-order valence-corrected chi connectivity index (χ1v) is 19.9. The lowest BCUT2D eigenvalue weighted by molar-refractivity contribution is 0.204. The van der Waals surface area contributed by atoms with E-state index in [4.69, 9.17) is 0 Å². The molecule has 0 saturated carbocycles. The van der Waals surface area contributed by atoms with Gasteiger partial charge in [0.15, 0.2) is 0 Å². The molecule has 8 aromatic rings. The van der Waals surface area contributed by atoms with E-state index in [1.54, 1.807) is 0 Å². The van der Waals surface area contributed by atoms with Gasteiger partial charge in [-0.25, -0.2) is 0 Å². The van der Waals surface area contributed by atoms with Gasteiger partial charge in [-0.1, -0.05) is 178 Å². The SMILES string of the molecule is CC(C)(C)C12Cc3cc(-c4cc(-c5ccccc5)ccc4-c4ccccc4)ccc3N1c1ccc(-c3cc(-c4ccccc4)ccc3-c3ccccc3)cc1C2. The lowest BCUT2D eigenvalue weighted by Crippen LogP contribution is -2.52. The fourth-order valence-corrected chi connectivity index (χ4v) is 9.46. The summed E-state index contributed by atoms with van der Waals surface area (Å²) in [7, 11) is 0. The summed E-state index contributed by atoms with van der Waals surface area (Å²) in [6.45, 7) is 7.31. The molecular weight excluding hydrogens is 675 g/mol. The maximum atomic E-state index is 2.71. The van der Waals surface area contributed by atoms with Crippen LogP contribution in [-0.4, -0.2) is 5.54 Å². The van der Waals surface area contributed by atoms with Crippen LogP contribution in [0.15, 0.2) is 194 Å². The van der Waals surface area contributed by atoms with Gasteiger partial charge in [0.05, 0.1) is 5.54 Å². The second-order valence-electron chi connectivity index (χ2n) is 16.6. The quantitative estimate of drug-likeness (QED) is 0.165. The van der Waals surface area contributed by atoms with Crippen LogP contribution >= 0.6 is 0 Å². The molecule has 1 nitrogen and oxygen atoms in total. The summed E-state index contributed by atoms with van der Waals surface area (Å²) in [6, 6.07) is 71.6. The molecule has 0 bridgehead atoms. The van der Waals surface area contributed by atoms with E-state index in [9.17, 15) is 0 Å². The zero-order valence-electron chi connectivity index (χ0n) is 32.3. The smallest absolute Gasteiger partial charge is 0.0581 e. The van der Waals surface area contributed by atoms with Crippen LogP contribution in [0.3, 0.4) is 0 Å². The highest BCUT2D eigenvalue weighted by atomic mass is 15.3. The Hall–Kier alpha value is -6.44. The lowest BCUT2D eigenvalue weighted by Gasteiger charge is -2.45. The van der Waals surface area contributed by atoms with Gasteiger partial charge in [-0.2, -0.15) is 0 Å². The third kappa shape index (κ3) is 5.69. The van der Waals surface area contributed by atoms with Gasteiger partial charge in [-0.15, -0.1) is 0 Å². The highest BCUT2D eigenvalue weighted by Gasteiger charge is 2.56. The Kier molecular flexibility index (Phi) is 8.15. The molecule has 0 atom stereocenters. The first-order chi connectivity index (χ1) is 27.4. The van der Waals surface area contributed by atoms with Crippen molar-refractivity contribution in [1.29, 1.82) is 0 Å². The van der Waals surface area contributed by atoms with Gasteiger partial charge in [0, 0.05) is 11.4 Å². The average molecular weight is 720 g/mol. The highest BCUT2D eigenvalue weighted by molar-refractivity contribution is 5.92. The van der Waals surface area contributed by atoms with Crippen molar-refractivity contribution in [2.24, 2.45) is 5.41 Å². The lowest BCUT2D eigenvalue weighted by atomic mass is 9.69. The van der Waals surface area contributed by atoms with E-state index in [-0.39, 0.29) is 11.0 Å². The fourth-order valence-electron chi connectivity index (χ4n) is 9.46. The molecule has 2 heterocycles. The molecule has 0 N–H and O–H groups in total. The largest absolute Gasteiger partial charge is 0.334 e. The zero-order valence-corrected chi connectivity index (χ0v) is 32.3. The summed E-state index contributed by atoms with van der Waals surface area (Å²) >= 11 is 0. The van der Waals surface area contributed by atoms with Gasteiger partial charge < -0.3 is 4.90 Å². The van der Waals surface area contributed by atoms with E-state index in [0.29, 0.717) is 0 Å². The van der Waals surface area contributed by atoms with Crippen molar-refractivity contribution in [1.82, 2.24) is 0 Å². The standard InChI is InChI=1S/C55H45N/c1-54(2,3)55-36-46-32-44(50-34-42(38-16-8-4-9-17-38)24-28-48(50)40-20-12-6-13-21-40)26-30-52(46)56(55)53-31-27-45(33-47(53)37-55)51-35-43(39-18-10-5-11-19-39)25-29-49(51)41-22-14-7-15-23-41/h4-35H,36-37H2,1-3H3. The molecule has 2 aliphatic rings. The van der Waals surface area contributed by atoms with Gasteiger partial charge in [-0.05, 0) is 133 Å². The zero-order chi connectivity index (χ0) is 37.9. The molecule has 8 aromatic carbocycles. The van der Waals surface area contributed by atoms with E-state index in [0.717, 1.165) is 12.8 Å². The van der Waals surface area contributed by atoms with E-state index in [2.05, 4.69) is 220 Å². The van der Waals surface area contributed by atoms with E-state index in [1.165, 1.54) is 89.3 Å². The van der Waals surface area contributed by atoms with Crippen LogP contribution in [0.2, 0.25) is 0 Å². The van der Waals surface area contributed by atoms with Crippen molar-refractivity contribution in [2.75, 3.05) is 4.90 Å². The van der Waals surface area contributed by atoms with Gasteiger partial charge in [0.1, 0.15) is 0 Å². The Balaban J connectivity index is 1.08. The molecule has 0 amide bonds. The van der Waals surface area contributed by atoms with Gasteiger partial charge in [0.2, 0.25) is 0 Å². The molecule has 10 rings (SSSR count). The molecule has 0 spiro atoms. The third-order valence-corrected chi connectivity index (χ3v) is 12.5. The van der Waals surface area contributed by atoms with Crippen LogP contribution in [0.4, 0.5) is 11.4 Å². The van der Waals surface area contributed by atoms with Gasteiger partial charge >= 0.3 is 0 Å². The Morgan fingerprint density at radius 2 is 0.696 bits per heavy atom. The molecular formula is C55H45N. The van der Waals surface area contributed by atoms with Crippen molar-refractivity contribution in [3.05, 3.63) is 205 Å². The molecule has 0 aromatic heterocycles. The van der Waals surface area contributed by atoms with E-state index >= 15 is 0 Å². The third-order valence-electron chi connectivity index (χ3n) is 12.5. The Bertz CT molecular complexity index is 2520. The van der Waals surface area contributed by atoms with Crippen molar-refractivity contribution in [2.45, 2.75) is 39.2 Å². The normalized spacial score (nSPS) is 13.9. The van der Waals surface area contributed by atoms with Crippen molar-refractivity contribution in [3.8, 4) is 66.8 Å². The van der Waals surface area contributed by atoms with E-state index < -0.39 is 0 Å². The summed E-state index contributed by atoms with van der Waals surface area (Å²) in [5.74, 6) is 0.